The second-order valence-electron chi connectivity index (χ2n) is 7.97. The first-order valence-electron chi connectivity index (χ1n) is 11.2. The fraction of sp³-hybridized carbons (Fsp3) is 0.103. The van der Waals surface area contributed by atoms with Gasteiger partial charge in [-0.15, -0.1) is 0 Å². The van der Waals surface area contributed by atoms with Crippen molar-refractivity contribution in [2.24, 2.45) is 7.05 Å². The second kappa shape index (κ2) is 10.0. The van der Waals surface area contributed by atoms with Gasteiger partial charge in [0.25, 0.3) is 0 Å². The molecule has 5 heteroatoms. The lowest BCUT2D eigenvalue weighted by Gasteiger charge is -2.14. The van der Waals surface area contributed by atoms with E-state index >= 15 is 0 Å². The van der Waals surface area contributed by atoms with Crippen molar-refractivity contribution in [1.82, 2.24) is 14.8 Å². The summed E-state index contributed by atoms with van der Waals surface area (Å²) in [4.78, 5) is 4.68. The molecule has 0 radical (unpaired) electrons. The van der Waals surface area contributed by atoms with Crippen LogP contribution in [0.4, 0.5) is 0 Å². The summed E-state index contributed by atoms with van der Waals surface area (Å²) in [6, 6.07) is 34.2. The Morgan fingerprint density at radius 1 is 0.647 bits per heavy atom. The molecule has 3 aromatic carbocycles. The number of rotatable bonds is 8. The zero-order chi connectivity index (χ0) is 23.2. The van der Waals surface area contributed by atoms with Crippen LogP contribution in [0, 0.1) is 0 Å². The van der Waals surface area contributed by atoms with Crippen molar-refractivity contribution in [3.63, 3.8) is 0 Å². The molecule has 0 aliphatic carbocycles. The molecule has 0 N–H and O–H groups in total. The molecule has 0 amide bonds. The fourth-order valence-electron chi connectivity index (χ4n) is 3.71. The van der Waals surface area contributed by atoms with Crippen LogP contribution in [0.25, 0.3) is 22.6 Å². The van der Waals surface area contributed by atoms with E-state index in [1.165, 1.54) is 0 Å². The van der Waals surface area contributed by atoms with E-state index in [4.69, 9.17) is 9.47 Å². The van der Waals surface area contributed by atoms with Crippen LogP contribution < -0.4 is 9.47 Å². The van der Waals surface area contributed by atoms with Gasteiger partial charge in [-0.2, -0.15) is 5.10 Å². The maximum absolute atomic E-state index is 6.21. The Kier molecular flexibility index (Phi) is 6.34. The highest BCUT2D eigenvalue weighted by molar-refractivity contribution is 5.68. The minimum absolute atomic E-state index is 0.437. The van der Waals surface area contributed by atoms with Crippen molar-refractivity contribution in [1.29, 1.82) is 0 Å². The number of pyridine rings is 1. The van der Waals surface area contributed by atoms with E-state index < -0.39 is 0 Å². The number of aryl methyl sites for hydroxylation is 1. The molecule has 2 aromatic heterocycles. The van der Waals surface area contributed by atoms with Gasteiger partial charge < -0.3 is 9.47 Å². The van der Waals surface area contributed by atoms with Crippen molar-refractivity contribution in [2.45, 2.75) is 13.2 Å². The van der Waals surface area contributed by atoms with Crippen LogP contribution in [-0.4, -0.2) is 14.8 Å². The van der Waals surface area contributed by atoms with Gasteiger partial charge in [-0.05, 0) is 17.2 Å². The highest BCUT2D eigenvalue weighted by Crippen LogP contribution is 2.33. The van der Waals surface area contributed by atoms with Gasteiger partial charge in [-0.3, -0.25) is 9.67 Å². The molecular formula is C29H25N3O2. The van der Waals surface area contributed by atoms with Crippen molar-refractivity contribution in [3.05, 3.63) is 120 Å². The van der Waals surface area contributed by atoms with Crippen molar-refractivity contribution < 1.29 is 9.47 Å². The second-order valence-corrected chi connectivity index (χ2v) is 7.97. The summed E-state index contributed by atoms with van der Waals surface area (Å²) in [6.45, 7) is 0.875. The largest absolute Gasteiger partial charge is 0.485 e. The van der Waals surface area contributed by atoms with E-state index in [9.17, 15) is 0 Å². The molecule has 0 aliphatic rings. The Balaban J connectivity index is 1.44. The molecule has 34 heavy (non-hydrogen) atoms. The number of aromatic nitrogens is 3. The van der Waals surface area contributed by atoms with Gasteiger partial charge >= 0.3 is 0 Å². The fourth-order valence-corrected chi connectivity index (χ4v) is 3.71. The highest BCUT2D eigenvalue weighted by atomic mass is 16.5. The summed E-state index contributed by atoms with van der Waals surface area (Å²) in [5.74, 6) is 1.25. The predicted molar refractivity (Wildman–Crippen MR) is 133 cm³/mol. The first kappa shape index (κ1) is 21.5. The standard InChI is InChI=1S/C29H25N3O2/c1-32-27(17-25(31-32)24-15-9-4-10-16-24)26-18-28(33-20-22-11-5-2-6-12-22)29(19-30-26)34-21-23-13-7-3-8-14-23/h2-19H,20-21H2,1H3. The first-order valence-corrected chi connectivity index (χ1v) is 11.2. The first-order chi connectivity index (χ1) is 16.8. The third kappa shape index (κ3) is 4.99. The highest BCUT2D eigenvalue weighted by Gasteiger charge is 2.15. The summed E-state index contributed by atoms with van der Waals surface area (Å²) in [6.07, 6.45) is 1.73. The average Bonchev–Trinajstić information content (AvgIpc) is 3.30. The van der Waals surface area contributed by atoms with Gasteiger partial charge in [-0.1, -0.05) is 91.0 Å². The maximum atomic E-state index is 6.21. The van der Waals surface area contributed by atoms with Crippen LogP contribution in [-0.2, 0) is 20.3 Å². The van der Waals surface area contributed by atoms with Gasteiger partial charge in [0.15, 0.2) is 11.5 Å². The Bertz CT molecular complexity index is 1350. The lowest BCUT2D eigenvalue weighted by atomic mass is 10.1. The molecule has 5 rings (SSSR count). The predicted octanol–water partition coefficient (Wildman–Crippen LogP) is 6.31. The summed E-state index contributed by atoms with van der Waals surface area (Å²) in [7, 11) is 1.92. The Morgan fingerprint density at radius 2 is 1.21 bits per heavy atom. The molecule has 168 valence electrons. The average molecular weight is 448 g/mol. The monoisotopic (exact) mass is 447 g/mol. The lowest BCUT2D eigenvalue weighted by Crippen LogP contribution is -2.02. The number of benzene rings is 3. The molecule has 0 spiro atoms. The van der Waals surface area contributed by atoms with Gasteiger partial charge in [0.05, 0.1) is 23.3 Å². The zero-order valence-corrected chi connectivity index (χ0v) is 19.0. The zero-order valence-electron chi connectivity index (χ0n) is 19.0. The third-order valence-corrected chi connectivity index (χ3v) is 5.52. The summed E-state index contributed by atoms with van der Waals surface area (Å²) in [5, 5.41) is 4.68. The smallest absolute Gasteiger partial charge is 0.179 e. The number of hydrogen-bond acceptors (Lipinski definition) is 4. The summed E-state index contributed by atoms with van der Waals surface area (Å²) >= 11 is 0. The van der Waals surface area contributed by atoms with Crippen LogP contribution in [0.2, 0.25) is 0 Å². The molecule has 0 atom stereocenters. The number of hydrogen-bond donors (Lipinski definition) is 0. The summed E-state index contributed by atoms with van der Waals surface area (Å²) in [5.41, 5.74) is 5.80. The minimum atomic E-state index is 0.437. The third-order valence-electron chi connectivity index (χ3n) is 5.52. The van der Waals surface area contributed by atoms with E-state index in [0.29, 0.717) is 24.7 Å². The van der Waals surface area contributed by atoms with Crippen LogP contribution in [0.5, 0.6) is 11.5 Å². The van der Waals surface area contributed by atoms with E-state index in [1.807, 2.05) is 103 Å². The van der Waals surface area contributed by atoms with E-state index in [1.54, 1.807) is 6.20 Å². The molecular weight excluding hydrogens is 422 g/mol. The van der Waals surface area contributed by atoms with Gasteiger partial charge in [0.2, 0.25) is 0 Å². The van der Waals surface area contributed by atoms with Crippen molar-refractivity contribution in [2.75, 3.05) is 0 Å². The van der Waals surface area contributed by atoms with Crippen molar-refractivity contribution >= 4 is 0 Å². The van der Waals surface area contributed by atoms with Crippen LogP contribution in [0.1, 0.15) is 11.1 Å². The molecule has 0 unspecified atom stereocenters. The SMILES string of the molecule is Cn1nc(-c2ccccc2)cc1-c1cc(OCc2ccccc2)c(OCc2ccccc2)cn1. The molecule has 0 fully saturated rings. The Hall–Kier alpha value is -4.38. The minimum Gasteiger partial charge on any atom is -0.485 e. The Morgan fingerprint density at radius 3 is 1.82 bits per heavy atom. The van der Waals surface area contributed by atoms with Crippen LogP contribution >= 0.6 is 0 Å². The van der Waals surface area contributed by atoms with Gasteiger partial charge in [0, 0.05) is 18.7 Å². The van der Waals surface area contributed by atoms with E-state index in [0.717, 1.165) is 33.8 Å². The molecule has 5 nitrogen and oxygen atoms in total. The molecule has 0 bridgehead atoms. The van der Waals surface area contributed by atoms with Crippen molar-refractivity contribution in [3.8, 4) is 34.1 Å². The normalized spacial score (nSPS) is 10.7. The van der Waals surface area contributed by atoms with E-state index in [-0.39, 0.29) is 0 Å². The Labute approximate surface area is 199 Å². The van der Waals surface area contributed by atoms with Crippen LogP contribution in [0.3, 0.4) is 0 Å². The number of nitrogens with zero attached hydrogens (tertiary/aromatic N) is 3. The lowest BCUT2D eigenvalue weighted by molar-refractivity contribution is 0.255. The number of ether oxygens (including phenoxy) is 2. The topological polar surface area (TPSA) is 49.2 Å². The van der Waals surface area contributed by atoms with Gasteiger partial charge in [0.1, 0.15) is 13.2 Å². The molecule has 5 aromatic rings. The van der Waals surface area contributed by atoms with E-state index in [2.05, 4.69) is 22.2 Å². The summed E-state index contributed by atoms with van der Waals surface area (Å²) < 4.78 is 14.2. The molecule has 0 saturated heterocycles. The van der Waals surface area contributed by atoms with Gasteiger partial charge in [-0.25, -0.2) is 0 Å². The molecule has 2 heterocycles. The molecule has 0 saturated carbocycles. The quantitative estimate of drug-likeness (QED) is 0.280. The van der Waals surface area contributed by atoms with Crippen LogP contribution in [0.15, 0.2) is 109 Å². The molecule has 0 aliphatic heterocycles. The maximum Gasteiger partial charge on any atom is 0.179 e.